The van der Waals surface area contributed by atoms with Gasteiger partial charge in [0, 0.05) is 0 Å². The zero-order chi connectivity index (χ0) is 13.8. The lowest BCUT2D eigenvalue weighted by Gasteiger charge is -2.07. The molecule has 0 saturated carbocycles. The summed E-state index contributed by atoms with van der Waals surface area (Å²) in [6.07, 6.45) is -3.31. The standard InChI is InChI=1S/C12H11F3O3/c1-17-9-5-3-8(7-10(9)18-2)4-6-11(16)12(13,14)15/h3-7H,1-2H3/b6-4+. The molecule has 0 atom stereocenters. The van der Waals surface area contributed by atoms with Gasteiger partial charge < -0.3 is 9.47 Å². The predicted molar refractivity (Wildman–Crippen MR) is 59.6 cm³/mol. The van der Waals surface area contributed by atoms with Crippen LogP contribution in [0.15, 0.2) is 24.3 Å². The first kappa shape index (κ1) is 14.1. The first-order valence-corrected chi connectivity index (χ1v) is 4.89. The maximum atomic E-state index is 12.0. The monoisotopic (exact) mass is 260 g/mol. The average Bonchev–Trinajstić information content (AvgIpc) is 2.34. The zero-order valence-corrected chi connectivity index (χ0v) is 9.75. The van der Waals surface area contributed by atoms with E-state index in [0.717, 1.165) is 6.08 Å². The summed E-state index contributed by atoms with van der Waals surface area (Å²) in [6.45, 7) is 0. The van der Waals surface area contributed by atoms with E-state index < -0.39 is 12.0 Å². The molecule has 18 heavy (non-hydrogen) atoms. The molecule has 0 N–H and O–H groups in total. The highest BCUT2D eigenvalue weighted by Gasteiger charge is 2.35. The van der Waals surface area contributed by atoms with Gasteiger partial charge in [-0.3, -0.25) is 4.79 Å². The predicted octanol–water partition coefficient (Wildman–Crippen LogP) is 2.85. The third kappa shape index (κ3) is 3.51. The number of ketones is 1. The maximum absolute atomic E-state index is 12.0. The summed E-state index contributed by atoms with van der Waals surface area (Å²) in [7, 11) is 2.85. The van der Waals surface area contributed by atoms with Crippen LogP contribution < -0.4 is 9.47 Å². The molecule has 0 amide bonds. The van der Waals surface area contributed by atoms with Crippen LogP contribution in [-0.2, 0) is 4.79 Å². The topological polar surface area (TPSA) is 35.5 Å². The van der Waals surface area contributed by atoms with Crippen molar-refractivity contribution in [3.8, 4) is 11.5 Å². The highest BCUT2D eigenvalue weighted by Crippen LogP contribution is 2.28. The molecule has 0 radical (unpaired) electrons. The number of ether oxygens (including phenoxy) is 2. The molecule has 0 bridgehead atoms. The van der Waals surface area contributed by atoms with Crippen LogP contribution in [0.3, 0.4) is 0 Å². The van der Waals surface area contributed by atoms with E-state index in [1.807, 2.05) is 0 Å². The molecule has 0 fully saturated rings. The Hall–Kier alpha value is -1.98. The van der Waals surface area contributed by atoms with Crippen LogP contribution >= 0.6 is 0 Å². The molecule has 0 saturated heterocycles. The summed E-state index contributed by atoms with van der Waals surface area (Å²) in [5.41, 5.74) is 0.408. The van der Waals surface area contributed by atoms with Gasteiger partial charge in [0.05, 0.1) is 14.2 Å². The lowest BCUT2D eigenvalue weighted by Crippen LogP contribution is -2.19. The number of hydrogen-bond donors (Lipinski definition) is 0. The van der Waals surface area contributed by atoms with Gasteiger partial charge in [0.2, 0.25) is 0 Å². The molecule has 0 aliphatic rings. The smallest absolute Gasteiger partial charge is 0.454 e. The Bertz CT molecular complexity index is 464. The van der Waals surface area contributed by atoms with Crippen molar-refractivity contribution in [2.45, 2.75) is 6.18 Å². The van der Waals surface area contributed by atoms with Crippen LogP contribution in [0.2, 0.25) is 0 Å². The fraction of sp³-hybridized carbons (Fsp3) is 0.250. The van der Waals surface area contributed by atoms with Crippen LogP contribution in [0.25, 0.3) is 6.08 Å². The Balaban J connectivity index is 2.92. The third-order valence-corrected chi connectivity index (χ3v) is 2.11. The fourth-order valence-electron chi connectivity index (χ4n) is 1.22. The summed E-state index contributed by atoms with van der Waals surface area (Å²) in [5, 5.41) is 0. The van der Waals surface area contributed by atoms with Gasteiger partial charge >= 0.3 is 6.18 Å². The Labute approximate surface area is 102 Å². The number of carbonyl (C=O) groups is 1. The van der Waals surface area contributed by atoms with Crippen LogP contribution in [0, 0.1) is 0 Å². The number of alkyl halides is 3. The fourth-order valence-corrected chi connectivity index (χ4v) is 1.22. The molecular formula is C12H11F3O3. The molecule has 0 aromatic heterocycles. The summed E-state index contributed by atoms with van der Waals surface area (Å²) in [5.74, 6) is -1.08. The molecule has 0 heterocycles. The first-order chi connectivity index (χ1) is 8.38. The van der Waals surface area contributed by atoms with E-state index in [2.05, 4.69) is 0 Å². The number of carbonyl (C=O) groups excluding carboxylic acids is 1. The SMILES string of the molecule is COc1ccc(/C=C/C(=O)C(F)(F)F)cc1OC. The van der Waals surface area contributed by atoms with Crippen molar-refractivity contribution in [3.63, 3.8) is 0 Å². The highest BCUT2D eigenvalue weighted by molar-refractivity contribution is 5.97. The Morgan fingerprint density at radius 1 is 1.17 bits per heavy atom. The molecule has 6 heteroatoms. The minimum atomic E-state index is -4.85. The van der Waals surface area contributed by atoms with Gasteiger partial charge in [-0.2, -0.15) is 13.2 Å². The van der Waals surface area contributed by atoms with Gasteiger partial charge in [-0.15, -0.1) is 0 Å². The van der Waals surface area contributed by atoms with Gasteiger partial charge in [0.15, 0.2) is 11.5 Å². The van der Waals surface area contributed by atoms with E-state index in [-0.39, 0.29) is 0 Å². The molecule has 0 aliphatic carbocycles. The van der Waals surface area contributed by atoms with Crippen molar-refractivity contribution in [1.29, 1.82) is 0 Å². The lowest BCUT2D eigenvalue weighted by atomic mass is 10.1. The van der Waals surface area contributed by atoms with Crippen molar-refractivity contribution in [2.75, 3.05) is 14.2 Å². The summed E-state index contributed by atoms with van der Waals surface area (Å²) >= 11 is 0. The van der Waals surface area contributed by atoms with Crippen molar-refractivity contribution in [2.24, 2.45) is 0 Å². The quantitative estimate of drug-likeness (QED) is 0.781. The molecule has 0 aliphatic heterocycles. The molecule has 0 unspecified atom stereocenters. The number of hydrogen-bond acceptors (Lipinski definition) is 3. The van der Waals surface area contributed by atoms with E-state index in [1.54, 1.807) is 0 Å². The number of allylic oxidation sites excluding steroid dienone is 1. The Kier molecular flexibility index (Phi) is 4.36. The van der Waals surface area contributed by atoms with Gasteiger partial charge in [-0.1, -0.05) is 12.1 Å². The van der Waals surface area contributed by atoms with Crippen molar-refractivity contribution in [3.05, 3.63) is 29.8 Å². The van der Waals surface area contributed by atoms with Crippen molar-refractivity contribution in [1.82, 2.24) is 0 Å². The van der Waals surface area contributed by atoms with E-state index >= 15 is 0 Å². The number of halogens is 3. The molecule has 1 aromatic carbocycles. The molecule has 0 spiro atoms. The normalized spacial score (nSPS) is 11.6. The van der Waals surface area contributed by atoms with E-state index in [4.69, 9.17) is 9.47 Å². The second-order valence-corrected chi connectivity index (χ2v) is 3.31. The molecule has 3 nitrogen and oxygen atoms in total. The van der Waals surface area contributed by atoms with Gasteiger partial charge in [0.25, 0.3) is 5.78 Å². The van der Waals surface area contributed by atoms with E-state index in [1.165, 1.54) is 32.4 Å². The largest absolute Gasteiger partial charge is 0.493 e. The number of rotatable bonds is 4. The van der Waals surface area contributed by atoms with Gasteiger partial charge in [-0.25, -0.2) is 0 Å². The lowest BCUT2D eigenvalue weighted by molar-refractivity contribution is -0.165. The first-order valence-electron chi connectivity index (χ1n) is 4.89. The van der Waals surface area contributed by atoms with Gasteiger partial charge in [0.1, 0.15) is 0 Å². The highest BCUT2D eigenvalue weighted by atomic mass is 19.4. The average molecular weight is 260 g/mol. The minimum absolute atomic E-state index is 0.374. The number of methoxy groups -OCH3 is 2. The zero-order valence-electron chi connectivity index (χ0n) is 9.75. The number of benzene rings is 1. The third-order valence-electron chi connectivity index (χ3n) is 2.11. The summed E-state index contributed by atoms with van der Waals surface area (Å²) < 4.78 is 45.9. The van der Waals surface area contributed by atoms with Crippen molar-refractivity contribution >= 4 is 11.9 Å². The van der Waals surface area contributed by atoms with E-state index in [0.29, 0.717) is 23.1 Å². The molecular weight excluding hydrogens is 249 g/mol. The molecule has 1 aromatic rings. The van der Waals surface area contributed by atoms with Gasteiger partial charge in [-0.05, 0) is 23.8 Å². The van der Waals surface area contributed by atoms with Crippen molar-refractivity contribution < 1.29 is 27.4 Å². The Morgan fingerprint density at radius 2 is 1.78 bits per heavy atom. The second-order valence-electron chi connectivity index (χ2n) is 3.31. The van der Waals surface area contributed by atoms with Crippen LogP contribution in [0.4, 0.5) is 13.2 Å². The minimum Gasteiger partial charge on any atom is -0.493 e. The van der Waals surface area contributed by atoms with E-state index in [9.17, 15) is 18.0 Å². The van der Waals surface area contributed by atoms with Crippen LogP contribution in [0.1, 0.15) is 5.56 Å². The van der Waals surface area contributed by atoms with Crippen LogP contribution in [0.5, 0.6) is 11.5 Å². The summed E-state index contributed by atoms with van der Waals surface area (Å²) in [4.78, 5) is 10.6. The molecule has 98 valence electrons. The maximum Gasteiger partial charge on any atom is 0.454 e. The summed E-state index contributed by atoms with van der Waals surface area (Å²) in [6, 6.07) is 4.52. The van der Waals surface area contributed by atoms with Crippen LogP contribution in [-0.4, -0.2) is 26.2 Å². The second kappa shape index (κ2) is 5.57. The Morgan fingerprint density at radius 3 is 2.28 bits per heavy atom. The molecule has 1 rings (SSSR count).